The van der Waals surface area contributed by atoms with E-state index < -0.39 is 15.4 Å². The van der Waals surface area contributed by atoms with Crippen LogP contribution in [-0.2, 0) is 4.74 Å². The highest BCUT2D eigenvalue weighted by Gasteiger charge is 2.36. The van der Waals surface area contributed by atoms with E-state index in [2.05, 4.69) is 15.3 Å². The first-order valence-electron chi connectivity index (χ1n) is 7.88. The van der Waals surface area contributed by atoms with Gasteiger partial charge in [-0.05, 0) is 30.6 Å². The summed E-state index contributed by atoms with van der Waals surface area (Å²) in [6.45, 7) is 6.32. The van der Waals surface area contributed by atoms with Crippen molar-refractivity contribution in [1.29, 1.82) is 0 Å². The first-order chi connectivity index (χ1) is 12.6. The van der Waals surface area contributed by atoms with E-state index in [0.29, 0.717) is 13.1 Å². The van der Waals surface area contributed by atoms with Gasteiger partial charge in [-0.25, -0.2) is 4.79 Å². The van der Waals surface area contributed by atoms with Gasteiger partial charge in [0.05, 0.1) is 42.7 Å². The molecule has 0 aromatic carbocycles. The number of likely N-dealkylation sites (tertiary alicyclic amines) is 1. The van der Waals surface area contributed by atoms with Crippen LogP contribution in [0, 0.1) is 20.2 Å². The van der Waals surface area contributed by atoms with Crippen LogP contribution in [0.4, 0.5) is 16.4 Å². The van der Waals surface area contributed by atoms with Crippen LogP contribution >= 0.6 is 0 Å². The molecule has 1 aliphatic heterocycles. The number of aromatic nitrogens is 4. The number of carbonyl (C=O) groups excluding carboxylic acids is 1. The molecule has 0 atom stereocenters. The number of ether oxygens (including phenoxy) is 1. The van der Waals surface area contributed by atoms with Crippen LogP contribution in [0.2, 0.25) is 0 Å². The fourth-order valence-electron chi connectivity index (χ4n) is 2.08. The second-order valence-electron chi connectivity index (χ2n) is 6.65. The number of H-pyrrole nitrogens is 1. The van der Waals surface area contributed by atoms with Gasteiger partial charge in [-0.15, -0.1) is 5.10 Å². The number of hydrogen-bond donors (Lipinski definition) is 1. The molecule has 0 radical (unpaired) electrons. The van der Waals surface area contributed by atoms with Crippen molar-refractivity contribution in [1.82, 2.24) is 24.9 Å². The minimum atomic E-state index is -0.541. The molecule has 146 valence electrons. The molecule has 0 unspecified atom stereocenters. The van der Waals surface area contributed by atoms with Crippen LogP contribution in [-0.4, -0.2) is 59.5 Å². The van der Waals surface area contributed by atoms with E-state index >= 15 is 0 Å². The number of aromatic amines is 1. The minimum Gasteiger partial charge on any atom is -0.444 e. The van der Waals surface area contributed by atoms with Gasteiger partial charge in [-0.1, -0.05) is 5.10 Å². The van der Waals surface area contributed by atoms with Crippen molar-refractivity contribution in [3.8, 4) is 0 Å². The van der Waals surface area contributed by atoms with Gasteiger partial charge in [0, 0.05) is 0 Å². The Labute approximate surface area is 153 Å². The number of nitrogens with zero attached hydrogens (tertiary/aromatic N) is 6. The van der Waals surface area contributed by atoms with E-state index in [4.69, 9.17) is 4.74 Å². The first kappa shape index (κ1) is 19.8. The third-order valence-electron chi connectivity index (χ3n) is 3.35. The number of hydrogen-bond acceptors (Lipinski definition) is 8. The summed E-state index contributed by atoms with van der Waals surface area (Å²) in [5.41, 5.74) is -0.521. The average Bonchev–Trinajstić information content (AvgIpc) is 3.16. The van der Waals surface area contributed by atoms with Gasteiger partial charge in [0.25, 0.3) is 0 Å². The Bertz CT molecular complexity index is 804. The van der Waals surface area contributed by atoms with Crippen molar-refractivity contribution in [2.45, 2.75) is 32.4 Å². The molecule has 0 bridgehead atoms. The molecule has 0 saturated carbocycles. The molecule has 1 aliphatic rings. The lowest BCUT2D eigenvalue weighted by Crippen LogP contribution is -2.52. The van der Waals surface area contributed by atoms with Crippen molar-refractivity contribution >= 4 is 17.7 Å². The number of amides is 1. The van der Waals surface area contributed by atoms with Crippen molar-refractivity contribution in [2.75, 3.05) is 13.1 Å². The topological polar surface area (TPSA) is 162 Å². The van der Waals surface area contributed by atoms with E-state index in [9.17, 15) is 25.0 Å². The Morgan fingerprint density at radius 3 is 2.33 bits per heavy atom. The fraction of sp³-hybridized carbons (Fsp3) is 0.500. The molecule has 27 heavy (non-hydrogen) atoms. The Balaban J connectivity index is 0.000000273. The molecule has 1 saturated heterocycles. The van der Waals surface area contributed by atoms with Crippen LogP contribution in [0.5, 0.6) is 0 Å². The summed E-state index contributed by atoms with van der Waals surface area (Å²) < 4.78 is 6.73. The first-order valence-corrected chi connectivity index (χ1v) is 7.88. The van der Waals surface area contributed by atoms with Gasteiger partial charge < -0.3 is 29.9 Å². The summed E-state index contributed by atoms with van der Waals surface area (Å²) in [5, 5.41) is 29.7. The van der Waals surface area contributed by atoms with Crippen LogP contribution in [0.3, 0.4) is 0 Å². The zero-order chi connectivity index (χ0) is 20.2. The zero-order valence-electron chi connectivity index (χ0n) is 14.9. The van der Waals surface area contributed by atoms with Crippen LogP contribution < -0.4 is 0 Å². The summed E-state index contributed by atoms with van der Waals surface area (Å²) in [5.74, 6) is -0.263. The van der Waals surface area contributed by atoms with E-state index in [-0.39, 0.29) is 23.8 Å². The summed E-state index contributed by atoms with van der Waals surface area (Å²) >= 11 is 0. The quantitative estimate of drug-likeness (QED) is 0.622. The molecule has 3 heterocycles. The van der Waals surface area contributed by atoms with Gasteiger partial charge >= 0.3 is 17.7 Å². The molecule has 3 rings (SSSR count). The second-order valence-corrected chi connectivity index (χ2v) is 6.65. The Morgan fingerprint density at radius 1 is 1.26 bits per heavy atom. The standard InChI is InChI=1S/C11H16N4O4.C3H3N3O2/c1-11(2,3)19-10(16)13-6-8(7-13)14-5-4-9(12-14)15(17)18;7-6(8)3-1-2-4-5-3/h4-5,8H,6-7H2,1-3H3;1-2H,(H,4,5). The molecule has 0 spiro atoms. The Kier molecular flexibility index (Phi) is 5.72. The third-order valence-corrected chi connectivity index (χ3v) is 3.35. The highest BCUT2D eigenvalue weighted by Crippen LogP contribution is 2.24. The van der Waals surface area contributed by atoms with Crippen molar-refractivity contribution in [3.63, 3.8) is 0 Å². The van der Waals surface area contributed by atoms with Crippen LogP contribution in [0.25, 0.3) is 0 Å². The van der Waals surface area contributed by atoms with Crippen LogP contribution in [0.1, 0.15) is 26.8 Å². The molecule has 1 N–H and O–H groups in total. The van der Waals surface area contributed by atoms with Gasteiger partial charge in [-0.2, -0.15) is 4.68 Å². The Morgan fingerprint density at radius 2 is 1.93 bits per heavy atom. The molecule has 13 heteroatoms. The average molecular weight is 381 g/mol. The summed E-state index contributed by atoms with van der Waals surface area (Å²) in [4.78, 5) is 32.5. The predicted octanol–water partition coefficient (Wildman–Crippen LogP) is 1.90. The molecular weight excluding hydrogens is 362 g/mol. The van der Waals surface area contributed by atoms with Gasteiger partial charge in [0.2, 0.25) is 0 Å². The number of carbonyl (C=O) groups is 1. The molecule has 13 nitrogen and oxygen atoms in total. The maximum Gasteiger partial charge on any atom is 0.410 e. The lowest BCUT2D eigenvalue weighted by Gasteiger charge is -2.38. The molecular formula is C14H19N7O6. The minimum absolute atomic E-state index is 0.0266. The van der Waals surface area contributed by atoms with Crippen molar-refractivity contribution < 1.29 is 19.4 Å². The maximum absolute atomic E-state index is 11.7. The molecule has 2 aromatic rings. The SMILES string of the molecule is CC(C)(C)OC(=O)N1CC(n2ccc([N+](=O)[O-])n2)C1.O=[N+]([O-])c1ccn[nH]1. The zero-order valence-corrected chi connectivity index (χ0v) is 14.9. The lowest BCUT2D eigenvalue weighted by atomic mass is 10.1. The summed E-state index contributed by atoms with van der Waals surface area (Å²) in [7, 11) is 0. The van der Waals surface area contributed by atoms with Gasteiger partial charge in [0.1, 0.15) is 11.6 Å². The summed E-state index contributed by atoms with van der Waals surface area (Å²) in [6, 6.07) is 2.61. The van der Waals surface area contributed by atoms with Gasteiger partial charge in [0.15, 0.2) is 0 Å². The Hall–Kier alpha value is -3.51. The number of nitrogens with one attached hydrogen (secondary N) is 1. The van der Waals surface area contributed by atoms with E-state index in [1.54, 1.807) is 31.9 Å². The smallest absolute Gasteiger partial charge is 0.410 e. The lowest BCUT2D eigenvalue weighted by molar-refractivity contribution is -0.390. The summed E-state index contributed by atoms with van der Waals surface area (Å²) in [6.07, 6.45) is 2.51. The van der Waals surface area contributed by atoms with Crippen molar-refractivity contribution in [2.24, 2.45) is 0 Å². The second kappa shape index (κ2) is 7.80. The monoisotopic (exact) mass is 381 g/mol. The largest absolute Gasteiger partial charge is 0.444 e. The van der Waals surface area contributed by atoms with Gasteiger partial charge in [-0.3, -0.25) is 0 Å². The molecule has 2 aromatic heterocycles. The van der Waals surface area contributed by atoms with Crippen LogP contribution in [0.15, 0.2) is 24.5 Å². The predicted molar refractivity (Wildman–Crippen MR) is 91.0 cm³/mol. The fourth-order valence-corrected chi connectivity index (χ4v) is 2.08. The number of nitro groups is 2. The van der Waals surface area contributed by atoms with E-state index in [1.165, 1.54) is 23.0 Å². The van der Waals surface area contributed by atoms with E-state index in [1.807, 2.05) is 0 Å². The highest BCUT2D eigenvalue weighted by atomic mass is 16.6. The highest BCUT2D eigenvalue weighted by molar-refractivity contribution is 5.69. The number of rotatable bonds is 3. The molecule has 1 amide bonds. The normalized spacial score (nSPS) is 14.0. The van der Waals surface area contributed by atoms with Crippen molar-refractivity contribution in [3.05, 3.63) is 44.8 Å². The molecule has 0 aliphatic carbocycles. The van der Waals surface area contributed by atoms with E-state index in [0.717, 1.165) is 0 Å². The third kappa shape index (κ3) is 5.49. The molecule has 1 fully saturated rings. The maximum atomic E-state index is 11.7.